The van der Waals surface area contributed by atoms with Crippen molar-refractivity contribution in [1.29, 1.82) is 0 Å². The Morgan fingerprint density at radius 2 is 1.79 bits per heavy atom. The summed E-state index contributed by atoms with van der Waals surface area (Å²) in [6.07, 6.45) is 1.98. The van der Waals surface area contributed by atoms with E-state index in [1.54, 1.807) is 28.0 Å². The maximum atomic E-state index is 13.0. The van der Waals surface area contributed by atoms with Crippen molar-refractivity contribution in [3.63, 3.8) is 0 Å². The number of rotatable bonds is 12. The first-order valence-electron chi connectivity index (χ1n) is 11.6. The maximum Gasteiger partial charge on any atom is 0.346 e. The van der Waals surface area contributed by atoms with Crippen LogP contribution in [0.3, 0.4) is 0 Å². The second-order valence-electron chi connectivity index (χ2n) is 7.76. The van der Waals surface area contributed by atoms with Crippen LogP contribution in [0, 0.1) is 0 Å². The molecule has 3 aromatic rings. The predicted octanol–water partition coefficient (Wildman–Crippen LogP) is 3.73. The molecule has 1 fully saturated rings. The summed E-state index contributed by atoms with van der Waals surface area (Å²) in [6.45, 7) is 7.44. The maximum absolute atomic E-state index is 13.0. The number of carbonyl (C=O) groups excluding carboxylic acids is 1. The summed E-state index contributed by atoms with van der Waals surface area (Å²) in [5.41, 5.74) is 0.254. The minimum absolute atomic E-state index is 0.140. The van der Waals surface area contributed by atoms with E-state index in [4.69, 9.17) is 14.2 Å². The Kier molecular flexibility index (Phi) is 7.56. The highest BCUT2D eigenvalue weighted by atomic mass is 32.1. The van der Waals surface area contributed by atoms with Crippen LogP contribution in [0.15, 0.2) is 34.4 Å². The molecule has 0 spiro atoms. The second-order valence-corrected chi connectivity index (χ2v) is 8.71. The molecule has 0 unspecified atom stereocenters. The zero-order valence-electron chi connectivity index (χ0n) is 19.7. The van der Waals surface area contributed by atoms with E-state index in [9.17, 15) is 9.59 Å². The minimum atomic E-state index is -0.293. The number of hydrogen-bond acceptors (Lipinski definition) is 7. The fourth-order valence-corrected chi connectivity index (χ4v) is 4.40. The van der Waals surface area contributed by atoms with Crippen LogP contribution in [0.25, 0.3) is 10.7 Å². The molecule has 34 heavy (non-hydrogen) atoms. The first-order chi connectivity index (χ1) is 16.6. The van der Waals surface area contributed by atoms with Gasteiger partial charge in [-0.05, 0) is 57.2 Å². The molecule has 10 heteroatoms. The van der Waals surface area contributed by atoms with Crippen molar-refractivity contribution in [3.8, 4) is 28.0 Å². The number of amides is 1. The molecule has 2 aromatic heterocycles. The number of carbonyl (C=O) groups is 1. The van der Waals surface area contributed by atoms with Crippen molar-refractivity contribution in [2.45, 2.75) is 46.2 Å². The van der Waals surface area contributed by atoms with E-state index in [1.165, 1.54) is 4.68 Å². The van der Waals surface area contributed by atoms with Gasteiger partial charge in [0.2, 0.25) is 5.75 Å². The Morgan fingerprint density at radius 3 is 2.35 bits per heavy atom. The summed E-state index contributed by atoms with van der Waals surface area (Å²) < 4.78 is 20.3. The number of benzene rings is 1. The van der Waals surface area contributed by atoms with Crippen LogP contribution in [-0.4, -0.2) is 46.6 Å². The van der Waals surface area contributed by atoms with Gasteiger partial charge < -0.3 is 19.5 Å². The lowest BCUT2D eigenvalue weighted by Crippen LogP contribution is -2.32. The van der Waals surface area contributed by atoms with Gasteiger partial charge in [0.1, 0.15) is 0 Å². The van der Waals surface area contributed by atoms with Gasteiger partial charge in [-0.25, -0.2) is 9.48 Å². The molecule has 1 saturated carbocycles. The van der Waals surface area contributed by atoms with Crippen molar-refractivity contribution in [1.82, 2.24) is 19.7 Å². The summed E-state index contributed by atoms with van der Waals surface area (Å²) in [7, 11) is 0. The lowest BCUT2D eigenvalue weighted by molar-refractivity contribution is 0.0950. The number of hydrogen-bond donors (Lipinski definition) is 1. The standard InChI is InChI=1S/C24H30N4O5S/c1-4-31-18-14-16(15-19(32-5-2)21(18)33-6-3)23(29)25-11-12-27-24(30)28(17-9-10-17)22(26-27)20-8-7-13-34-20/h7-8,13-15,17H,4-6,9-12H2,1-3H3,(H,25,29). The van der Waals surface area contributed by atoms with Gasteiger partial charge in [-0.2, -0.15) is 0 Å². The van der Waals surface area contributed by atoms with E-state index in [0.717, 1.165) is 17.7 Å². The third-order valence-electron chi connectivity index (χ3n) is 5.30. The van der Waals surface area contributed by atoms with Crippen molar-refractivity contribution >= 4 is 17.2 Å². The lowest BCUT2D eigenvalue weighted by Gasteiger charge is -2.17. The Bertz CT molecular complexity index is 1150. The molecular weight excluding hydrogens is 456 g/mol. The molecule has 1 aliphatic carbocycles. The van der Waals surface area contributed by atoms with Gasteiger partial charge in [-0.15, -0.1) is 16.4 Å². The van der Waals surface area contributed by atoms with Gasteiger partial charge in [-0.1, -0.05) is 6.07 Å². The van der Waals surface area contributed by atoms with E-state index < -0.39 is 0 Å². The number of nitrogens with one attached hydrogen (secondary N) is 1. The normalized spacial score (nSPS) is 13.0. The summed E-state index contributed by atoms with van der Waals surface area (Å²) in [5.74, 6) is 1.81. The molecule has 4 rings (SSSR count). The summed E-state index contributed by atoms with van der Waals surface area (Å²) in [5, 5.41) is 9.41. The highest BCUT2D eigenvalue weighted by molar-refractivity contribution is 7.13. The van der Waals surface area contributed by atoms with Crippen molar-refractivity contribution in [2.75, 3.05) is 26.4 Å². The number of ether oxygens (including phenoxy) is 3. The van der Waals surface area contributed by atoms with Crippen molar-refractivity contribution in [2.24, 2.45) is 0 Å². The topological polar surface area (TPSA) is 96.6 Å². The van der Waals surface area contributed by atoms with Gasteiger partial charge in [0.15, 0.2) is 17.3 Å². The fourth-order valence-electron chi connectivity index (χ4n) is 3.70. The molecule has 1 N–H and O–H groups in total. The lowest BCUT2D eigenvalue weighted by atomic mass is 10.1. The molecule has 0 atom stereocenters. The molecule has 0 radical (unpaired) electrons. The smallest absolute Gasteiger partial charge is 0.346 e. The molecule has 1 amide bonds. The van der Waals surface area contributed by atoms with Crippen molar-refractivity contribution in [3.05, 3.63) is 45.7 Å². The average molecular weight is 487 g/mol. The quantitative estimate of drug-likeness (QED) is 0.419. The Morgan fingerprint density at radius 1 is 1.12 bits per heavy atom. The van der Waals surface area contributed by atoms with Crippen LogP contribution in [-0.2, 0) is 6.54 Å². The van der Waals surface area contributed by atoms with E-state index in [2.05, 4.69) is 10.4 Å². The largest absolute Gasteiger partial charge is 0.490 e. The molecule has 1 aromatic carbocycles. The van der Waals surface area contributed by atoms with Gasteiger partial charge in [0.05, 0.1) is 31.2 Å². The van der Waals surface area contributed by atoms with E-state index >= 15 is 0 Å². The molecule has 0 bridgehead atoms. The first kappa shape index (κ1) is 23.9. The van der Waals surface area contributed by atoms with Gasteiger partial charge in [0, 0.05) is 18.2 Å². The molecule has 1 aliphatic rings. The monoisotopic (exact) mass is 486 g/mol. The predicted molar refractivity (Wildman–Crippen MR) is 130 cm³/mol. The van der Waals surface area contributed by atoms with Gasteiger partial charge in [-0.3, -0.25) is 9.36 Å². The summed E-state index contributed by atoms with van der Waals surface area (Å²) in [4.78, 5) is 26.8. The summed E-state index contributed by atoms with van der Waals surface area (Å²) in [6, 6.07) is 7.43. The number of thiophene rings is 1. The SMILES string of the molecule is CCOc1cc(C(=O)NCCn2nc(-c3cccs3)n(C3CC3)c2=O)cc(OCC)c1OCC. The first-order valence-corrected chi connectivity index (χ1v) is 12.5. The molecule has 0 aliphatic heterocycles. The Labute approximate surface area is 202 Å². The van der Waals surface area contributed by atoms with E-state index in [-0.39, 0.29) is 30.7 Å². The highest BCUT2D eigenvalue weighted by Crippen LogP contribution is 2.39. The van der Waals surface area contributed by atoms with Crippen LogP contribution in [0.1, 0.15) is 50.0 Å². The van der Waals surface area contributed by atoms with Crippen LogP contribution in [0.4, 0.5) is 0 Å². The zero-order valence-corrected chi connectivity index (χ0v) is 20.5. The van der Waals surface area contributed by atoms with E-state index in [1.807, 2.05) is 38.3 Å². The van der Waals surface area contributed by atoms with Crippen LogP contribution in [0.2, 0.25) is 0 Å². The number of nitrogens with zero attached hydrogens (tertiary/aromatic N) is 3. The minimum Gasteiger partial charge on any atom is -0.490 e. The van der Waals surface area contributed by atoms with Crippen LogP contribution < -0.4 is 25.2 Å². The second kappa shape index (κ2) is 10.8. The summed E-state index contributed by atoms with van der Waals surface area (Å²) >= 11 is 1.56. The third-order valence-corrected chi connectivity index (χ3v) is 6.17. The molecule has 9 nitrogen and oxygen atoms in total. The average Bonchev–Trinajstić information content (AvgIpc) is 3.40. The van der Waals surface area contributed by atoms with Crippen LogP contribution >= 0.6 is 11.3 Å². The van der Waals surface area contributed by atoms with Gasteiger partial charge >= 0.3 is 5.69 Å². The zero-order chi connectivity index (χ0) is 24.1. The molecular formula is C24H30N4O5S. The number of aromatic nitrogens is 3. The Balaban J connectivity index is 1.49. The molecule has 0 saturated heterocycles. The highest BCUT2D eigenvalue weighted by Gasteiger charge is 2.30. The molecule has 2 heterocycles. The van der Waals surface area contributed by atoms with E-state index in [0.29, 0.717) is 48.5 Å². The van der Waals surface area contributed by atoms with Gasteiger partial charge in [0.25, 0.3) is 5.91 Å². The van der Waals surface area contributed by atoms with Crippen LogP contribution in [0.5, 0.6) is 17.2 Å². The van der Waals surface area contributed by atoms with Crippen molar-refractivity contribution < 1.29 is 19.0 Å². The molecule has 182 valence electrons. The third kappa shape index (κ3) is 5.11. The fraction of sp³-hybridized carbons (Fsp3) is 0.458. The Hall–Kier alpha value is -3.27.